The number of hydrogen-bond acceptors (Lipinski definition) is 11. The molecular formula is C32H23IN4O8S3. The summed E-state index contributed by atoms with van der Waals surface area (Å²) in [5, 5.41) is 28.1. The van der Waals surface area contributed by atoms with E-state index in [9.17, 15) is 36.8 Å². The molecule has 244 valence electrons. The fourth-order valence-corrected chi connectivity index (χ4v) is 9.42. The van der Waals surface area contributed by atoms with Crippen molar-refractivity contribution in [2.45, 2.75) is 14.7 Å². The van der Waals surface area contributed by atoms with Crippen molar-refractivity contribution in [1.29, 1.82) is 10.5 Å². The van der Waals surface area contributed by atoms with Gasteiger partial charge in [0.05, 0.1) is 47.9 Å². The summed E-state index contributed by atoms with van der Waals surface area (Å²) < 4.78 is 54.5. The number of fused-ring (bicyclic) bond motifs is 2. The highest BCUT2D eigenvalue weighted by molar-refractivity contribution is 14.1. The summed E-state index contributed by atoms with van der Waals surface area (Å²) in [4.78, 5) is 28.9. The maximum absolute atomic E-state index is 12.9. The molecule has 4 aromatic rings. The van der Waals surface area contributed by atoms with Crippen LogP contribution < -0.4 is 14.5 Å². The molecule has 0 aliphatic carbocycles. The van der Waals surface area contributed by atoms with Gasteiger partial charge in [-0.25, -0.2) is 16.8 Å². The Kier molecular flexibility index (Phi) is 9.74. The first kappa shape index (κ1) is 34.7. The van der Waals surface area contributed by atoms with Crippen molar-refractivity contribution in [1.82, 2.24) is 0 Å². The monoisotopic (exact) mass is 814 g/mol. The van der Waals surface area contributed by atoms with E-state index in [0.29, 0.717) is 25.6 Å². The lowest BCUT2D eigenvalue weighted by Gasteiger charge is -2.17. The second-order valence-electron chi connectivity index (χ2n) is 10.2. The Hall–Kier alpha value is -4.62. The summed E-state index contributed by atoms with van der Waals surface area (Å²) in [6.07, 6.45) is 1.81. The van der Waals surface area contributed by atoms with E-state index in [0.717, 1.165) is 4.90 Å². The minimum absolute atomic E-state index is 0.0319. The van der Waals surface area contributed by atoms with Gasteiger partial charge >= 0.3 is 0 Å². The number of carbonyl (C=O) groups is 2. The SMILES string of the molecule is COc1c(C#N)cc(C(=O)N2CS(=O)(=O)c3ccccc32)cc1SC.N#Cc1cc(C(=O)N2CS(=O)(=O)c3ccccc32)cc(I)c1O. The van der Waals surface area contributed by atoms with Gasteiger partial charge in [-0.15, -0.1) is 11.8 Å². The molecule has 2 amide bonds. The fourth-order valence-electron chi connectivity index (χ4n) is 5.13. The Morgan fingerprint density at radius 1 is 0.812 bits per heavy atom. The molecule has 0 atom stereocenters. The van der Waals surface area contributed by atoms with Crippen LogP contribution in [0.4, 0.5) is 11.4 Å². The van der Waals surface area contributed by atoms with Gasteiger partial charge in [0.2, 0.25) is 0 Å². The largest absolute Gasteiger partial charge is 0.505 e. The highest BCUT2D eigenvalue weighted by Crippen LogP contribution is 2.38. The number of nitriles is 2. The molecule has 2 aliphatic heterocycles. The number of amides is 2. The van der Waals surface area contributed by atoms with Gasteiger partial charge in [-0.2, -0.15) is 10.5 Å². The zero-order valence-electron chi connectivity index (χ0n) is 25.0. The number of para-hydroxylation sites is 2. The molecule has 12 nitrogen and oxygen atoms in total. The van der Waals surface area contributed by atoms with E-state index in [1.807, 2.05) is 41.0 Å². The molecule has 16 heteroatoms. The van der Waals surface area contributed by atoms with Crippen molar-refractivity contribution in [3.05, 3.63) is 98.6 Å². The molecule has 2 heterocycles. The number of benzene rings is 4. The number of rotatable bonds is 4. The molecule has 0 spiro atoms. The molecule has 2 aliphatic rings. The van der Waals surface area contributed by atoms with Gasteiger partial charge in [0.15, 0.2) is 19.7 Å². The van der Waals surface area contributed by atoms with Crippen LogP contribution in [0.2, 0.25) is 0 Å². The zero-order valence-corrected chi connectivity index (χ0v) is 29.6. The van der Waals surface area contributed by atoms with Crippen LogP contribution in [-0.4, -0.2) is 58.9 Å². The Morgan fingerprint density at radius 2 is 1.27 bits per heavy atom. The van der Waals surface area contributed by atoms with Gasteiger partial charge in [0.1, 0.15) is 35.4 Å². The Morgan fingerprint density at radius 3 is 1.73 bits per heavy atom. The van der Waals surface area contributed by atoms with Crippen molar-refractivity contribution in [2.24, 2.45) is 0 Å². The minimum atomic E-state index is -3.55. The van der Waals surface area contributed by atoms with Gasteiger partial charge in [-0.05, 0) is 77.4 Å². The summed E-state index contributed by atoms with van der Waals surface area (Å²) >= 11 is 3.16. The maximum Gasteiger partial charge on any atom is 0.259 e. The van der Waals surface area contributed by atoms with E-state index in [1.165, 1.54) is 54.1 Å². The Balaban J connectivity index is 0.000000188. The van der Waals surface area contributed by atoms with Crippen molar-refractivity contribution >= 4 is 77.2 Å². The highest BCUT2D eigenvalue weighted by Gasteiger charge is 2.37. The molecule has 1 N–H and O–H groups in total. The lowest BCUT2D eigenvalue weighted by atomic mass is 10.1. The molecule has 0 saturated heterocycles. The molecule has 0 unspecified atom stereocenters. The van der Waals surface area contributed by atoms with Crippen LogP contribution in [0.1, 0.15) is 31.8 Å². The van der Waals surface area contributed by atoms with Crippen LogP contribution >= 0.6 is 34.4 Å². The number of thioether (sulfide) groups is 1. The molecule has 0 aromatic heterocycles. The molecule has 4 aromatic carbocycles. The summed E-state index contributed by atoms with van der Waals surface area (Å²) in [6, 6.07) is 22.2. The second kappa shape index (κ2) is 13.5. The highest BCUT2D eigenvalue weighted by atomic mass is 127. The number of sulfone groups is 2. The predicted octanol–water partition coefficient (Wildman–Crippen LogP) is 4.94. The second-order valence-corrected chi connectivity index (χ2v) is 16.1. The molecule has 6 rings (SSSR count). The first-order chi connectivity index (χ1) is 22.8. The normalized spacial score (nSPS) is 14.9. The summed E-state index contributed by atoms with van der Waals surface area (Å²) in [7, 11) is -5.64. The van der Waals surface area contributed by atoms with Crippen LogP contribution in [0.15, 0.2) is 87.5 Å². The summed E-state index contributed by atoms with van der Waals surface area (Å²) in [6.45, 7) is 0. The van der Waals surface area contributed by atoms with E-state index in [2.05, 4.69) is 0 Å². The van der Waals surface area contributed by atoms with E-state index in [4.69, 9.17) is 10.00 Å². The fraction of sp³-hybridized carbons (Fsp3) is 0.125. The van der Waals surface area contributed by atoms with Crippen LogP contribution in [0.25, 0.3) is 0 Å². The lowest BCUT2D eigenvalue weighted by Crippen LogP contribution is -2.30. The van der Waals surface area contributed by atoms with Gasteiger partial charge in [-0.1, -0.05) is 24.3 Å². The van der Waals surface area contributed by atoms with Crippen molar-refractivity contribution in [3.8, 4) is 23.6 Å². The number of phenols is 1. The van der Waals surface area contributed by atoms with Crippen LogP contribution in [0.5, 0.6) is 11.5 Å². The number of phenolic OH excluding ortho intramolecular Hbond substituents is 1. The van der Waals surface area contributed by atoms with Gasteiger partial charge in [0, 0.05) is 11.1 Å². The molecule has 0 saturated carbocycles. The topological polar surface area (TPSA) is 186 Å². The Labute approximate surface area is 294 Å². The summed E-state index contributed by atoms with van der Waals surface area (Å²) in [5.41, 5.74) is 1.26. The Bertz CT molecular complexity index is 2320. The third kappa shape index (κ3) is 6.31. The number of methoxy groups -OCH3 is 1. The van der Waals surface area contributed by atoms with E-state index >= 15 is 0 Å². The number of nitrogens with zero attached hydrogens (tertiary/aromatic N) is 4. The maximum atomic E-state index is 12.9. The predicted molar refractivity (Wildman–Crippen MR) is 186 cm³/mol. The first-order valence-electron chi connectivity index (χ1n) is 13.6. The van der Waals surface area contributed by atoms with Gasteiger partial charge in [-0.3, -0.25) is 19.4 Å². The number of ether oxygens (including phenoxy) is 1. The van der Waals surface area contributed by atoms with Gasteiger partial charge in [0.25, 0.3) is 11.8 Å². The summed E-state index contributed by atoms with van der Waals surface area (Å²) in [5.74, 6) is -1.64. The van der Waals surface area contributed by atoms with Crippen LogP contribution in [0, 0.1) is 26.2 Å². The smallest absolute Gasteiger partial charge is 0.259 e. The molecular weight excluding hydrogens is 791 g/mol. The standard InChI is InChI=1S/C17H14N2O4S2.C15H9IN2O4S/c1-23-16-12(9-18)7-11(8-14(16)24-2)17(20)19-10-25(21,22)15-6-4-3-5-13(15)19;16-11-6-9(5-10(7-17)14(11)19)15(20)18-8-23(21,22)13-4-2-1-3-12(13)18/h3-8H,10H2,1-2H3;1-6,19H,8H2. The van der Waals surface area contributed by atoms with Crippen molar-refractivity contribution in [2.75, 3.05) is 34.9 Å². The average molecular weight is 815 g/mol. The zero-order chi connectivity index (χ0) is 35.0. The number of aromatic hydroxyl groups is 1. The third-order valence-electron chi connectivity index (χ3n) is 7.35. The third-order valence-corrected chi connectivity index (χ3v) is 12.1. The lowest BCUT2D eigenvalue weighted by molar-refractivity contribution is 0.0983. The minimum Gasteiger partial charge on any atom is -0.505 e. The quantitative estimate of drug-likeness (QED) is 0.217. The molecule has 48 heavy (non-hydrogen) atoms. The average Bonchev–Trinajstić information content (AvgIpc) is 3.53. The van der Waals surface area contributed by atoms with E-state index in [-0.39, 0.29) is 37.8 Å². The number of halogens is 1. The molecule has 0 bridgehead atoms. The van der Waals surface area contributed by atoms with E-state index in [1.54, 1.807) is 42.5 Å². The molecule has 0 fully saturated rings. The molecule has 0 radical (unpaired) electrons. The number of anilines is 2. The van der Waals surface area contributed by atoms with Crippen LogP contribution in [-0.2, 0) is 19.7 Å². The number of carbonyl (C=O) groups excluding carboxylic acids is 2. The number of hydrogen-bond donors (Lipinski definition) is 1. The van der Waals surface area contributed by atoms with E-state index < -0.39 is 43.2 Å². The van der Waals surface area contributed by atoms with Crippen molar-refractivity contribution in [3.63, 3.8) is 0 Å². The van der Waals surface area contributed by atoms with Gasteiger partial charge < -0.3 is 9.84 Å². The van der Waals surface area contributed by atoms with Crippen molar-refractivity contribution < 1.29 is 36.3 Å². The first-order valence-corrected chi connectivity index (χ1v) is 19.2. The van der Waals surface area contributed by atoms with Crippen LogP contribution in [0.3, 0.4) is 0 Å².